The normalized spacial score (nSPS) is 28.9. The molecule has 1 saturated carbocycles. The Kier molecular flexibility index (Phi) is 3.76. The maximum Gasteiger partial charge on any atom is 0.153 e. The van der Waals surface area contributed by atoms with Gasteiger partial charge >= 0.3 is 0 Å². The van der Waals surface area contributed by atoms with Crippen molar-refractivity contribution in [3.05, 3.63) is 11.6 Å². The first-order chi connectivity index (χ1) is 8.48. The van der Waals surface area contributed by atoms with Crippen molar-refractivity contribution in [3.8, 4) is 0 Å². The van der Waals surface area contributed by atoms with Gasteiger partial charge in [-0.05, 0) is 52.4 Å². The van der Waals surface area contributed by atoms with E-state index in [1.807, 2.05) is 6.92 Å². The summed E-state index contributed by atoms with van der Waals surface area (Å²) in [5.41, 5.74) is 6.36. The van der Waals surface area contributed by atoms with Gasteiger partial charge in [-0.2, -0.15) is 0 Å². The maximum atomic E-state index is 6.63. The predicted octanol–water partition coefficient (Wildman–Crippen LogP) is 2.92. The molecule has 0 bridgehead atoms. The number of aryl methyl sites for hydroxylation is 1. The SMILES string of the molecule is CCC1CCC(N)(c2nnc(C)n2C(C)C)CC1. The molecule has 0 unspecified atom stereocenters. The van der Waals surface area contributed by atoms with Crippen molar-refractivity contribution in [1.82, 2.24) is 14.8 Å². The Morgan fingerprint density at radius 2 is 1.94 bits per heavy atom. The number of nitrogens with zero attached hydrogens (tertiary/aromatic N) is 3. The van der Waals surface area contributed by atoms with Gasteiger partial charge in [0, 0.05) is 6.04 Å². The maximum absolute atomic E-state index is 6.63. The zero-order valence-corrected chi connectivity index (χ0v) is 12.1. The average Bonchev–Trinajstić information content (AvgIpc) is 2.73. The molecule has 0 aromatic carbocycles. The van der Waals surface area contributed by atoms with Gasteiger partial charge < -0.3 is 10.3 Å². The van der Waals surface area contributed by atoms with Crippen molar-refractivity contribution in [2.24, 2.45) is 11.7 Å². The lowest BCUT2D eigenvalue weighted by Crippen LogP contribution is -2.43. The second-order valence-electron chi connectivity index (χ2n) is 6.04. The summed E-state index contributed by atoms with van der Waals surface area (Å²) in [4.78, 5) is 0. The Morgan fingerprint density at radius 3 is 2.44 bits per heavy atom. The van der Waals surface area contributed by atoms with E-state index in [0.29, 0.717) is 6.04 Å². The third-order valence-electron chi connectivity index (χ3n) is 4.40. The Labute approximate surface area is 110 Å². The molecule has 4 nitrogen and oxygen atoms in total. The highest BCUT2D eigenvalue weighted by atomic mass is 15.3. The van der Waals surface area contributed by atoms with Crippen molar-refractivity contribution < 1.29 is 0 Å². The summed E-state index contributed by atoms with van der Waals surface area (Å²) in [7, 11) is 0. The summed E-state index contributed by atoms with van der Waals surface area (Å²) in [6, 6.07) is 0.374. The lowest BCUT2D eigenvalue weighted by atomic mass is 9.75. The van der Waals surface area contributed by atoms with Crippen LogP contribution in [0.5, 0.6) is 0 Å². The van der Waals surface area contributed by atoms with E-state index >= 15 is 0 Å². The van der Waals surface area contributed by atoms with E-state index in [0.717, 1.165) is 30.4 Å². The number of nitrogens with two attached hydrogens (primary N) is 1. The number of rotatable bonds is 3. The van der Waals surface area contributed by atoms with Crippen LogP contribution in [0.15, 0.2) is 0 Å². The topological polar surface area (TPSA) is 56.7 Å². The molecule has 4 heteroatoms. The molecule has 0 spiro atoms. The first-order valence-corrected chi connectivity index (χ1v) is 7.18. The molecule has 1 heterocycles. The third kappa shape index (κ3) is 2.30. The van der Waals surface area contributed by atoms with Gasteiger partial charge in [0.05, 0.1) is 5.54 Å². The van der Waals surface area contributed by atoms with Gasteiger partial charge in [0.15, 0.2) is 5.82 Å². The Balaban J connectivity index is 2.26. The second-order valence-corrected chi connectivity index (χ2v) is 6.04. The van der Waals surface area contributed by atoms with Crippen molar-refractivity contribution in [1.29, 1.82) is 0 Å². The Bertz CT molecular complexity index is 400. The minimum atomic E-state index is -0.267. The molecule has 0 radical (unpaired) electrons. The minimum Gasteiger partial charge on any atom is -0.319 e. The minimum absolute atomic E-state index is 0.267. The van der Waals surface area contributed by atoms with E-state index in [4.69, 9.17) is 5.73 Å². The molecular formula is C14H26N4. The molecule has 1 aromatic rings. The first-order valence-electron chi connectivity index (χ1n) is 7.18. The highest BCUT2D eigenvalue weighted by Gasteiger charge is 2.37. The van der Waals surface area contributed by atoms with E-state index in [2.05, 4.69) is 35.5 Å². The first kappa shape index (κ1) is 13.5. The van der Waals surface area contributed by atoms with Gasteiger partial charge in [-0.25, -0.2) is 0 Å². The second kappa shape index (κ2) is 5.00. The van der Waals surface area contributed by atoms with Crippen molar-refractivity contribution in [2.45, 2.75) is 71.4 Å². The quantitative estimate of drug-likeness (QED) is 0.897. The van der Waals surface area contributed by atoms with Crippen LogP contribution in [0, 0.1) is 12.8 Å². The van der Waals surface area contributed by atoms with Crippen LogP contribution in [0.3, 0.4) is 0 Å². The molecule has 2 rings (SSSR count). The number of aromatic nitrogens is 3. The van der Waals surface area contributed by atoms with Crippen molar-refractivity contribution in [3.63, 3.8) is 0 Å². The van der Waals surface area contributed by atoms with Crippen LogP contribution in [0.2, 0.25) is 0 Å². The molecule has 2 N–H and O–H groups in total. The lowest BCUT2D eigenvalue weighted by molar-refractivity contribution is 0.214. The molecule has 1 aliphatic rings. The van der Waals surface area contributed by atoms with E-state index in [1.54, 1.807) is 0 Å². The summed E-state index contributed by atoms with van der Waals surface area (Å²) >= 11 is 0. The predicted molar refractivity (Wildman–Crippen MR) is 73.3 cm³/mol. The Hall–Kier alpha value is -0.900. The van der Waals surface area contributed by atoms with Crippen LogP contribution in [0.25, 0.3) is 0 Å². The average molecular weight is 250 g/mol. The van der Waals surface area contributed by atoms with Gasteiger partial charge in [-0.3, -0.25) is 0 Å². The number of hydrogen-bond acceptors (Lipinski definition) is 3. The highest BCUT2D eigenvalue weighted by molar-refractivity contribution is 5.10. The van der Waals surface area contributed by atoms with Crippen LogP contribution in [-0.2, 0) is 5.54 Å². The highest BCUT2D eigenvalue weighted by Crippen LogP contribution is 2.38. The van der Waals surface area contributed by atoms with E-state index in [9.17, 15) is 0 Å². The molecule has 1 aromatic heterocycles. The molecule has 18 heavy (non-hydrogen) atoms. The summed E-state index contributed by atoms with van der Waals surface area (Å²) in [5.74, 6) is 2.81. The zero-order chi connectivity index (χ0) is 13.3. The Morgan fingerprint density at radius 1 is 1.33 bits per heavy atom. The molecule has 0 aliphatic heterocycles. The van der Waals surface area contributed by atoms with Crippen LogP contribution in [0.1, 0.15) is 70.6 Å². The zero-order valence-electron chi connectivity index (χ0n) is 12.1. The van der Waals surface area contributed by atoms with Gasteiger partial charge in [-0.15, -0.1) is 10.2 Å². The molecule has 1 fully saturated rings. The van der Waals surface area contributed by atoms with Crippen LogP contribution in [0.4, 0.5) is 0 Å². The summed E-state index contributed by atoms with van der Waals surface area (Å²) in [5, 5.41) is 8.60. The third-order valence-corrected chi connectivity index (χ3v) is 4.40. The molecule has 1 aliphatic carbocycles. The fraction of sp³-hybridized carbons (Fsp3) is 0.857. The summed E-state index contributed by atoms with van der Waals surface area (Å²) in [6.45, 7) is 8.62. The van der Waals surface area contributed by atoms with E-state index in [1.165, 1.54) is 19.3 Å². The molecule has 0 amide bonds. The smallest absolute Gasteiger partial charge is 0.153 e. The molecule has 0 atom stereocenters. The van der Waals surface area contributed by atoms with Gasteiger partial charge in [0.2, 0.25) is 0 Å². The lowest BCUT2D eigenvalue weighted by Gasteiger charge is -2.36. The standard InChI is InChI=1S/C14H26N4/c1-5-12-6-8-14(15,9-7-12)13-17-16-11(4)18(13)10(2)3/h10,12H,5-9,15H2,1-4H3. The molecule has 0 saturated heterocycles. The monoisotopic (exact) mass is 250 g/mol. The molecule has 102 valence electrons. The van der Waals surface area contributed by atoms with Crippen LogP contribution in [-0.4, -0.2) is 14.8 Å². The van der Waals surface area contributed by atoms with Crippen LogP contribution < -0.4 is 5.73 Å². The molecular weight excluding hydrogens is 224 g/mol. The van der Waals surface area contributed by atoms with E-state index < -0.39 is 0 Å². The summed E-state index contributed by atoms with van der Waals surface area (Å²) in [6.07, 6.45) is 5.78. The van der Waals surface area contributed by atoms with Crippen molar-refractivity contribution >= 4 is 0 Å². The largest absolute Gasteiger partial charge is 0.319 e. The van der Waals surface area contributed by atoms with Gasteiger partial charge in [0.25, 0.3) is 0 Å². The van der Waals surface area contributed by atoms with Gasteiger partial charge in [0.1, 0.15) is 5.82 Å². The fourth-order valence-corrected chi connectivity index (χ4v) is 3.15. The number of hydrogen-bond donors (Lipinski definition) is 1. The van der Waals surface area contributed by atoms with Crippen LogP contribution >= 0.6 is 0 Å². The van der Waals surface area contributed by atoms with Gasteiger partial charge in [-0.1, -0.05) is 13.3 Å². The van der Waals surface area contributed by atoms with E-state index in [-0.39, 0.29) is 5.54 Å². The summed E-state index contributed by atoms with van der Waals surface area (Å²) < 4.78 is 2.20. The van der Waals surface area contributed by atoms with Crippen molar-refractivity contribution in [2.75, 3.05) is 0 Å². The fourth-order valence-electron chi connectivity index (χ4n) is 3.15.